The van der Waals surface area contributed by atoms with Crippen molar-refractivity contribution >= 4 is 29.1 Å². The smallest absolute Gasteiger partial charge is 0.238 e. The van der Waals surface area contributed by atoms with Crippen LogP contribution in [0.25, 0.3) is 0 Å². The molecule has 2 aromatic carbocycles. The van der Waals surface area contributed by atoms with Crippen LogP contribution in [0.1, 0.15) is 18.4 Å². The zero-order valence-corrected chi connectivity index (χ0v) is 16.2. The Hall–Kier alpha value is -2.44. The Bertz CT molecular complexity index is 824. The van der Waals surface area contributed by atoms with E-state index in [1.165, 1.54) is 12.1 Å². The molecule has 2 aromatic rings. The molecule has 28 heavy (non-hydrogen) atoms. The summed E-state index contributed by atoms with van der Waals surface area (Å²) in [6.07, 6.45) is 1.40. The van der Waals surface area contributed by atoms with Gasteiger partial charge in [0.15, 0.2) is 0 Å². The Kier molecular flexibility index (Phi) is 7.01. The number of carbonyl (C=O) groups is 2. The number of likely N-dealkylation sites (tertiary alicyclic amines) is 1. The third-order valence-electron chi connectivity index (χ3n) is 4.84. The lowest BCUT2D eigenvalue weighted by molar-refractivity contribution is -0.126. The van der Waals surface area contributed by atoms with Crippen molar-refractivity contribution in [1.29, 1.82) is 0 Å². The molecule has 0 radical (unpaired) electrons. The van der Waals surface area contributed by atoms with Gasteiger partial charge in [0.2, 0.25) is 11.8 Å². The molecule has 148 valence electrons. The summed E-state index contributed by atoms with van der Waals surface area (Å²) in [5.41, 5.74) is 1.18. The third kappa shape index (κ3) is 5.78. The maximum atomic E-state index is 13.8. The van der Waals surface area contributed by atoms with E-state index in [-0.39, 0.29) is 35.0 Å². The minimum absolute atomic E-state index is 0.0447. The molecule has 5 nitrogen and oxygen atoms in total. The van der Waals surface area contributed by atoms with Crippen molar-refractivity contribution in [3.8, 4) is 0 Å². The van der Waals surface area contributed by atoms with Crippen LogP contribution >= 0.6 is 11.6 Å². The van der Waals surface area contributed by atoms with Gasteiger partial charge in [0.25, 0.3) is 0 Å². The van der Waals surface area contributed by atoms with Crippen molar-refractivity contribution in [2.24, 2.45) is 5.92 Å². The molecule has 2 amide bonds. The summed E-state index contributed by atoms with van der Waals surface area (Å²) in [4.78, 5) is 26.5. The van der Waals surface area contributed by atoms with Gasteiger partial charge in [0, 0.05) is 17.5 Å². The number of rotatable bonds is 6. The number of nitrogens with one attached hydrogen (secondary N) is 2. The summed E-state index contributed by atoms with van der Waals surface area (Å²) in [5, 5.41) is 5.82. The van der Waals surface area contributed by atoms with E-state index in [0.29, 0.717) is 32.5 Å². The predicted molar refractivity (Wildman–Crippen MR) is 107 cm³/mol. The van der Waals surface area contributed by atoms with Gasteiger partial charge >= 0.3 is 0 Å². The Labute approximate surface area is 168 Å². The highest BCUT2D eigenvalue weighted by molar-refractivity contribution is 6.30. The van der Waals surface area contributed by atoms with Crippen LogP contribution in [0.2, 0.25) is 5.02 Å². The van der Waals surface area contributed by atoms with Crippen LogP contribution in [0.5, 0.6) is 0 Å². The number of hydrogen-bond donors (Lipinski definition) is 2. The molecule has 0 aromatic heterocycles. The molecule has 2 N–H and O–H groups in total. The Morgan fingerprint density at radius 3 is 2.50 bits per heavy atom. The molecule has 0 atom stereocenters. The maximum absolute atomic E-state index is 13.8. The van der Waals surface area contributed by atoms with Crippen molar-refractivity contribution in [3.05, 3.63) is 64.9 Å². The fourth-order valence-corrected chi connectivity index (χ4v) is 3.43. The molecular weight excluding hydrogens is 381 g/mol. The Morgan fingerprint density at radius 1 is 1.11 bits per heavy atom. The van der Waals surface area contributed by atoms with E-state index in [1.54, 1.807) is 0 Å². The molecule has 0 unspecified atom stereocenters. The first kappa shape index (κ1) is 20.3. The molecule has 1 fully saturated rings. The summed E-state index contributed by atoms with van der Waals surface area (Å²) in [5.74, 6) is -0.837. The van der Waals surface area contributed by atoms with E-state index < -0.39 is 5.82 Å². The van der Waals surface area contributed by atoms with Gasteiger partial charge in [-0.3, -0.25) is 14.5 Å². The van der Waals surface area contributed by atoms with Crippen LogP contribution in [0.4, 0.5) is 10.1 Å². The molecule has 0 aliphatic carbocycles. The summed E-state index contributed by atoms with van der Waals surface area (Å²) in [6.45, 7) is 2.00. The lowest BCUT2D eigenvalue weighted by atomic mass is 9.96. The Balaban J connectivity index is 1.41. The molecule has 1 aliphatic rings. The topological polar surface area (TPSA) is 61.4 Å². The minimum atomic E-state index is -0.561. The third-order valence-corrected chi connectivity index (χ3v) is 5.08. The second-order valence-corrected chi connectivity index (χ2v) is 7.36. The standard InChI is InChI=1S/C21H23ClFN3O2/c22-17-6-7-19(18(23)12-17)25-20(27)14-26-10-8-16(9-11-26)21(28)24-13-15-4-2-1-3-5-15/h1-7,12,16H,8-11,13-14H2,(H,24,28)(H,25,27). The van der Waals surface area contributed by atoms with Crippen LogP contribution in [0, 0.1) is 11.7 Å². The van der Waals surface area contributed by atoms with Crippen molar-refractivity contribution < 1.29 is 14.0 Å². The number of halogens is 2. The number of anilines is 1. The fourth-order valence-electron chi connectivity index (χ4n) is 3.27. The SMILES string of the molecule is O=C(CN1CCC(C(=O)NCc2ccccc2)CC1)Nc1ccc(Cl)cc1F. The molecule has 0 bridgehead atoms. The molecule has 7 heteroatoms. The van der Waals surface area contributed by atoms with E-state index in [9.17, 15) is 14.0 Å². The highest BCUT2D eigenvalue weighted by atomic mass is 35.5. The van der Waals surface area contributed by atoms with Gasteiger partial charge in [-0.1, -0.05) is 41.9 Å². The minimum Gasteiger partial charge on any atom is -0.352 e. The fraction of sp³-hybridized carbons (Fsp3) is 0.333. The quantitative estimate of drug-likeness (QED) is 0.776. The number of nitrogens with zero attached hydrogens (tertiary/aromatic N) is 1. The van der Waals surface area contributed by atoms with Crippen molar-refractivity contribution in [2.45, 2.75) is 19.4 Å². The lowest BCUT2D eigenvalue weighted by Gasteiger charge is -2.30. The van der Waals surface area contributed by atoms with Gasteiger partial charge in [-0.25, -0.2) is 4.39 Å². The van der Waals surface area contributed by atoms with Crippen molar-refractivity contribution in [1.82, 2.24) is 10.2 Å². The van der Waals surface area contributed by atoms with Gasteiger partial charge in [0.05, 0.1) is 12.2 Å². The molecule has 1 saturated heterocycles. The molecule has 3 rings (SSSR count). The lowest BCUT2D eigenvalue weighted by Crippen LogP contribution is -2.43. The van der Waals surface area contributed by atoms with Crippen LogP contribution in [-0.4, -0.2) is 36.3 Å². The monoisotopic (exact) mass is 403 g/mol. The van der Waals surface area contributed by atoms with E-state index in [4.69, 9.17) is 11.6 Å². The van der Waals surface area contributed by atoms with Crippen molar-refractivity contribution in [3.63, 3.8) is 0 Å². The predicted octanol–water partition coefficient (Wildman–Crippen LogP) is 3.45. The van der Waals surface area contributed by atoms with Crippen LogP contribution in [0.3, 0.4) is 0 Å². The van der Waals surface area contributed by atoms with Crippen molar-refractivity contribution in [2.75, 3.05) is 25.0 Å². The first-order valence-corrected chi connectivity index (χ1v) is 9.68. The van der Waals surface area contributed by atoms with Crippen LogP contribution in [-0.2, 0) is 16.1 Å². The molecule has 0 saturated carbocycles. The largest absolute Gasteiger partial charge is 0.352 e. The van der Waals surface area contributed by atoms with Gasteiger partial charge in [-0.15, -0.1) is 0 Å². The highest BCUT2D eigenvalue weighted by Crippen LogP contribution is 2.20. The van der Waals surface area contributed by atoms with E-state index in [2.05, 4.69) is 10.6 Å². The Morgan fingerprint density at radius 2 is 1.82 bits per heavy atom. The van der Waals surface area contributed by atoms with E-state index in [0.717, 1.165) is 11.6 Å². The maximum Gasteiger partial charge on any atom is 0.238 e. The summed E-state index contributed by atoms with van der Waals surface area (Å²) < 4.78 is 13.8. The van der Waals surface area contributed by atoms with E-state index >= 15 is 0 Å². The number of hydrogen-bond acceptors (Lipinski definition) is 3. The second kappa shape index (κ2) is 9.66. The van der Waals surface area contributed by atoms with Gasteiger partial charge in [0.1, 0.15) is 5.82 Å². The normalized spacial score (nSPS) is 15.2. The summed E-state index contributed by atoms with van der Waals surface area (Å²) in [7, 11) is 0. The molecule has 0 spiro atoms. The summed E-state index contributed by atoms with van der Waals surface area (Å²) in [6, 6.07) is 13.9. The van der Waals surface area contributed by atoms with Crippen LogP contribution in [0.15, 0.2) is 48.5 Å². The van der Waals surface area contributed by atoms with E-state index in [1.807, 2.05) is 35.2 Å². The number of amides is 2. The van der Waals surface area contributed by atoms with Crippen LogP contribution < -0.4 is 10.6 Å². The van der Waals surface area contributed by atoms with Gasteiger partial charge in [-0.2, -0.15) is 0 Å². The molecule has 1 aliphatic heterocycles. The number of piperidine rings is 1. The molecular formula is C21H23ClFN3O2. The zero-order valence-electron chi connectivity index (χ0n) is 15.5. The number of carbonyl (C=O) groups excluding carboxylic acids is 2. The average Bonchev–Trinajstić information content (AvgIpc) is 2.69. The second-order valence-electron chi connectivity index (χ2n) is 6.93. The van der Waals surface area contributed by atoms with Gasteiger partial charge < -0.3 is 10.6 Å². The zero-order chi connectivity index (χ0) is 19.9. The summed E-state index contributed by atoms with van der Waals surface area (Å²) >= 11 is 5.71. The first-order valence-electron chi connectivity index (χ1n) is 9.30. The number of benzene rings is 2. The first-order chi connectivity index (χ1) is 13.5. The molecule has 1 heterocycles. The highest BCUT2D eigenvalue weighted by Gasteiger charge is 2.25. The van der Waals surface area contributed by atoms with Gasteiger partial charge in [-0.05, 0) is 49.7 Å². The average molecular weight is 404 g/mol.